The number of piperazine rings is 1. The van der Waals surface area contributed by atoms with Crippen LogP contribution in [0.2, 0.25) is 5.02 Å². The fourth-order valence-corrected chi connectivity index (χ4v) is 4.11. The summed E-state index contributed by atoms with van der Waals surface area (Å²) in [6.45, 7) is -0.00393. The van der Waals surface area contributed by atoms with E-state index in [0.29, 0.717) is 16.2 Å². The lowest BCUT2D eigenvalue weighted by Crippen LogP contribution is -2.43. The molecule has 0 unspecified atom stereocenters. The normalized spacial score (nSPS) is 13.7. The Balaban J connectivity index is 1.55. The van der Waals surface area contributed by atoms with Crippen LogP contribution in [-0.4, -0.2) is 48.0 Å². The highest BCUT2D eigenvalue weighted by Gasteiger charge is 2.18. The molecular weight excluding hydrogens is 494 g/mol. The second-order valence-electron chi connectivity index (χ2n) is 7.93. The molecule has 0 bridgehead atoms. The number of nitrogens with one attached hydrogen (secondary N) is 3. The molecule has 1 fully saturated rings. The number of aromatic nitrogens is 3. The Labute approximate surface area is 209 Å². The van der Waals surface area contributed by atoms with Crippen molar-refractivity contribution in [1.29, 1.82) is 0 Å². The molecule has 186 valence electrons. The third kappa shape index (κ3) is 5.16. The van der Waals surface area contributed by atoms with Crippen molar-refractivity contribution in [3.8, 4) is 17.4 Å². The van der Waals surface area contributed by atoms with Gasteiger partial charge in [-0.05, 0) is 24.3 Å². The van der Waals surface area contributed by atoms with Gasteiger partial charge in [0.05, 0.1) is 22.3 Å². The number of halogens is 3. The number of para-hydroxylation sites is 1. The molecule has 0 spiro atoms. The van der Waals surface area contributed by atoms with Crippen molar-refractivity contribution in [2.45, 2.75) is 6.61 Å². The summed E-state index contributed by atoms with van der Waals surface area (Å²) in [5, 5.41) is 13.4. The molecule has 1 aliphatic heterocycles. The van der Waals surface area contributed by atoms with Gasteiger partial charge in [-0.25, -0.2) is 5.10 Å². The summed E-state index contributed by atoms with van der Waals surface area (Å²) >= 11 is 6.20. The van der Waals surface area contributed by atoms with Gasteiger partial charge in [0.15, 0.2) is 5.75 Å². The van der Waals surface area contributed by atoms with Gasteiger partial charge in [0.25, 0.3) is 5.56 Å². The monoisotopic (exact) mass is 514 g/mol. The molecule has 3 heterocycles. The summed E-state index contributed by atoms with van der Waals surface area (Å²) in [7, 11) is 0. The van der Waals surface area contributed by atoms with Crippen LogP contribution in [0.4, 0.5) is 26.0 Å². The second kappa shape index (κ2) is 10.3. The Kier molecular flexibility index (Phi) is 6.83. The average molecular weight is 515 g/mol. The maximum atomic E-state index is 13.3. The Morgan fingerprint density at radius 2 is 1.89 bits per heavy atom. The number of H-pyrrole nitrogens is 1. The molecule has 0 amide bonds. The van der Waals surface area contributed by atoms with E-state index >= 15 is 0 Å². The fraction of sp³-hybridized carbons (Fsp3) is 0.208. The van der Waals surface area contributed by atoms with Gasteiger partial charge in [0.2, 0.25) is 5.88 Å². The van der Waals surface area contributed by atoms with Crippen molar-refractivity contribution in [2.24, 2.45) is 0 Å². The number of anilines is 3. The summed E-state index contributed by atoms with van der Waals surface area (Å²) in [5.74, 6) is 0.474. The summed E-state index contributed by atoms with van der Waals surface area (Å²) in [5.41, 5.74) is 0.433. The molecule has 2 aromatic heterocycles. The van der Waals surface area contributed by atoms with Crippen molar-refractivity contribution in [1.82, 2.24) is 20.5 Å². The van der Waals surface area contributed by atoms with Crippen molar-refractivity contribution < 1.29 is 18.3 Å². The van der Waals surface area contributed by atoms with Crippen molar-refractivity contribution >= 4 is 39.6 Å². The van der Waals surface area contributed by atoms with Crippen LogP contribution >= 0.6 is 11.6 Å². The highest BCUT2D eigenvalue weighted by atomic mass is 35.5. The maximum Gasteiger partial charge on any atom is 0.387 e. The van der Waals surface area contributed by atoms with Gasteiger partial charge >= 0.3 is 6.61 Å². The van der Waals surface area contributed by atoms with Crippen LogP contribution in [-0.2, 0) is 0 Å². The summed E-state index contributed by atoms with van der Waals surface area (Å²) in [6.07, 6.45) is 1.44. The molecule has 12 heteroatoms. The third-order valence-electron chi connectivity index (χ3n) is 5.59. The van der Waals surface area contributed by atoms with E-state index in [2.05, 4.69) is 30.7 Å². The number of alkyl halides is 2. The van der Waals surface area contributed by atoms with Gasteiger partial charge in [-0.3, -0.25) is 4.79 Å². The maximum absolute atomic E-state index is 13.3. The van der Waals surface area contributed by atoms with Gasteiger partial charge in [-0.1, -0.05) is 23.7 Å². The van der Waals surface area contributed by atoms with Crippen molar-refractivity contribution in [3.05, 3.63) is 70.1 Å². The van der Waals surface area contributed by atoms with Gasteiger partial charge in [-0.2, -0.15) is 18.9 Å². The molecule has 0 aliphatic carbocycles. The molecule has 1 aliphatic rings. The first kappa shape index (κ1) is 23.8. The van der Waals surface area contributed by atoms with E-state index in [9.17, 15) is 13.6 Å². The minimum absolute atomic E-state index is 0.0762. The first-order valence-corrected chi connectivity index (χ1v) is 11.5. The Morgan fingerprint density at radius 1 is 1.08 bits per heavy atom. The lowest BCUT2D eigenvalue weighted by Gasteiger charge is -2.30. The SMILES string of the molecule is O=c1[nH]ncc2cc(Oc3ccccc3Cl)nc(Nc3ccc(N4CCNCC4)cc3OC(F)F)c12. The van der Waals surface area contributed by atoms with Crippen LogP contribution < -0.4 is 30.6 Å². The topological polar surface area (TPSA) is 104 Å². The van der Waals surface area contributed by atoms with E-state index in [1.807, 2.05) is 0 Å². The number of aromatic amines is 1. The highest BCUT2D eigenvalue weighted by molar-refractivity contribution is 6.32. The zero-order valence-electron chi connectivity index (χ0n) is 18.8. The zero-order valence-corrected chi connectivity index (χ0v) is 19.6. The third-order valence-corrected chi connectivity index (χ3v) is 5.90. The average Bonchev–Trinajstić information content (AvgIpc) is 2.87. The number of rotatable bonds is 7. The van der Waals surface area contributed by atoms with Gasteiger partial charge in [0, 0.05) is 49.4 Å². The Morgan fingerprint density at radius 3 is 2.67 bits per heavy atom. The number of hydrogen-bond donors (Lipinski definition) is 3. The molecule has 0 atom stereocenters. The number of hydrogen-bond acceptors (Lipinski definition) is 8. The van der Waals surface area contributed by atoms with Crippen molar-refractivity contribution in [3.63, 3.8) is 0 Å². The minimum Gasteiger partial charge on any atom is -0.437 e. The standard InChI is InChI=1S/C24H21ClF2N6O3/c25-16-3-1-2-4-18(16)35-20-11-14-13-29-32-23(34)21(14)22(31-20)30-17-6-5-15(12-19(17)36-24(26)27)33-9-7-28-8-10-33/h1-6,11-13,24,28H,7-10H2,(H,30,31)(H,32,34). The molecular formula is C24H21ClF2N6O3. The first-order chi connectivity index (χ1) is 17.5. The largest absolute Gasteiger partial charge is 0.437 e. The Hall–Kier alpha value is -3.96. The highest BCUT2D eigenvalue weighted by Crippen LogP contribution is 2.36. The zero-order chi connectivity index (χ0) is 25.1. The molecule has 2 aromatic carbocycles. The lowest BCUT2D eigenvalue weighted by molar-refractivity contribution is -0.0493. The number of fused-ring (bicyclic) bond motifs is 1. The number of ether oxygens (including phenoxy) is 2. The lowest BCUT2D eigenvalue weighted by atomic mass is 10.2. The molecule has 0 radical (unpaired) electrons. The van der Waals surface area contributed by atoms with E-state index < -0.39 is 12.2 Å². The van der Waals surface area contributed by atoms with E-state index in [-0.39, 0.29) is 28.5 Å². The van der Waals surface area contributed by atoms with Crippen LogP contribution in [0.3, 0.4) is 0 Å². The quantitative estimate of drug-likeness (QED) is 0.331. The van der Waals surface area contributed by atoms with Gasteiger partial charge < -0.3 is 25.0 Å². The summed E-state index contributed by atoms with van der Waals surface area (Å²) < 4.78 is 37.2. The summed E-state index contributed by atoms with van der Waals surface area (Å²) in [4.78, 5) is 19.1. The second-order valence-corrected chi connectivity index (χ2v) is 8.33. The number of benzene rings is 2. The molecule has 4 aromatic rings. The Bertz CT molecular complexity index is 1450. The van der Waals surface area contributed by atoms with E-state index in [0.717, 1.165) is 31.9 Å². The number of pyridine rings is 1. The van der Waals surface area contributed by atoms with Crippen LogP contribution in [0.5, 0.6) is 17.4 Å². The van der Waals surface area contributed by atoms with E-state index in [4.69, 9.17) is 21.1 Å². The molecule has 0 saturated carbocycles. The molecule has 5 rings (SSSR count). The van der Waals surface area contributed by atoms with Crippen LogP contribution in [0, 0.1) is 0 Å². The molecule has 9 nitrogen and oxygen atoms in total. The molecule has 3 N–H and O–H groups in total. The van der Waals surface area contributed by atoms with Crippen LogP contribution in [0.1, 0.15) is 0 Å². The first-order valence-electron chi connectivity index (χ1n) is 11.1. The predicted octanol–water partition coefficient (Wildman–Crippen LogP) is 4.52. The van der Waals surface area contributed by atoms with Crippen LogP contribution in [0.25, 0.3) is 10.8 Å². The van der Waals surface area contributed by atoms with Gasteiger partial charge in [0.1, 0.15) is 11.6 Å². The van der Waals surface area contributed by atoms with Gasteiger partial charge in [-0.15, -0.1) is 0 Å². The smallest absolute Gasteiger partial charge is 0.387 e. The van der Waals surface area contributed by atoms with E-state index in [1.165, 1.54) is 18.3 Å². The minimum atomic E-state index is -3.05. The molecule has 1 saturated heterocycles. The molecule has 36 heavy (non-hydrogen) atoms. The summed E-state index contributed by atoms with van der Waals surface area (Å²) in [6, 6.07) is 13.3. The van der Waals surface area contributed by atoms with E-state index in [1.54, 1.807) is 36.4 Å². The number of nitrogens with zero attached hydrogens (tertiary/aromatic N) is 3. The van der Waals surface area contributed by atoms with Crippen LogP contribution in [0.15, 0.2) is 59.5 Å². The van der Waals surface area contributed by atoms with Crippen molar-refractivity contribution in [2.75, 3.05) is 36.4 Å². The fourth-order valence-electron chi connectivity index (χ4n) is 3.94. The predicted molar refractivity (Wildman–Crippen MR) is 133 cm³/mol.